The first-order valence-corrected chi connectivity index (χ1v) is 12.8. The van der Waals surface area contributed by atoms with Crippen LogP contribution < -0.4 is 4.72 Å². The van der Waals surface area contributed by atoms with Gasteiger partial charge in [-0.05, 0) is 36.8 Å². The van der Waals surface area contributed by atoms with Crippen LogP contribution in [0.5, 0.6) is 0 Å². The van der Waals surface area contributed by atoms with Crippen molar-refractivity contribution in [3.63, 3.8) is 0 Å². The lowest BCUT2D eigenvalue weighted by Crippen LogP contribution is -2.50. The summed E-state index contributed by atoms with van der Waals surface area (Å²) in [6.45, 7) is 6.42. The molecule has 1 aromatic heterocycles. The first-order chi connectivity index (χ1) is 14.2. The maximum Gasteiger partial charge on any atom is 0.309 e. The van der Waals surface area contributed by atoms with Gasteiger partial charge in [-0.2, -0.15) is 0 Å². The maximum atomic E-state index is 12.7. The van der Waals surface area contributed by atoms with Crippen molar-refractivity contribution in [2.45, 2.75) is 57.0 Å². The lowest BCUT2D eigenvalue weighted by atomic mass is 9.54. The number of anilines is 1. The molecule has 1 aliphatic heterocycles. The molecule has 160 valence electrons. The molecule has 0 bridgehead atoms. The fraction of sp³-hybridized carbons (Fsp3) is 0.545. The number of carbonyl (C=O) groups excluding carboxylic acids is 1. The summed E-state index contributed by atoms with van der Waals surface area (Å²) in [6.07, 6.45) is 2.82. The van der Waals surface area contributed by atoms with Crippen LogP contribution in [0.25, 0.3) is 0 Å². The Kier molecular flexibility index (Phi) is 4.52. The van der Waals surface area contributed by atoms with Crippen molar-refractivity contribution in [2.24, 2.45) is 23.2 Å². The number of nitrogens with one attached hydrogen (secondary N) is 1. The Bertz CT molecular complexity index is 1100. The van der Waals surface area contributed by atoms with Gasteiger partial charge in [0.1, 0.15) is 6.10 Å². The first kappa shape index (κ1) is 20.0. The summed E-state index contributed by atoms with van der Waals surface area (Å²) in [5.41, 5.74) is 0.976. The average molecular weight is 447 g/mol. The Hall–Kier alpha value is -1.93. The number of aromatic nitrogens is 1. The Labute approximate surface area is 181 Å². The average Bonchev–Trinajstić information content (AvgIpc) is 3.21. The molecule has 1 saturated heterocycles. The van der Waals surface area contributed by atoms with Crippen molar-refractivity contribution >= 4 is 32.5 Å². The molecule has 3 aliphatic rings. The highest BCUT2D eigenvalue weighted by molar-refractivity contribution is 7.93. The zero-order chi connectivity index (χ0) is 21.3. The minimum absolute atomic E-state index is 0.0278. The maximum absolute atomic E-state index is 12.7. The van der Waals surface area contributed by atoms with Gasteiger partial charge in [-0.15, -0.1) is 11.3 Å². The number of benzene rings is 1. The number of rotatable bonds is 3. The molecule has 2 aliphatic carbocycles. The number of esters is 1. The fourth-order valence-electron chi connectivity index (χ4n) is 5.90. The molecule has 2 heterocycles. The Balaban J connectivity index is 1.47. The van der Waals surface area contributed by atoms with Crippen LogP contribution in [-0.4, -0.2) is 25.5 Å². The van der Waals surface area contributed by atoms with E-state index >= 15 is 0 Å². The van der Waals surface area contributed by atoms with Gasteiger partial charge >= 0.3 is 5.97 Å². The van der Waals surface area contributed by atoms with Crippen LogP contribution in [0.3, 0.4) is 0 Å². The molecule has 1 saturated carbocycles. The Morgan fingerprint density at radius 1 is 1.20 bits per heavy atom. The summed E-state index contributed by atoms with van der Waals surface area (Å²) in [5.74, 6) is 0.460. The monoisotopic (exact) mass is 446 g/mol. The summed E-state index contributed by atoms with van der Waals surface area (Å²) in [6, 6.07) is 8.34. The van der Waals surface area contributed by atoms with Crippen LogP contribution in [-0.2, 0) is 26.0 Å². The normalized spacial score (nSPS) is 35.2. The molecule has 0 spiro atoms. The summed E-state index contributed by atoms with van der Waals surface area (Å²) in [7, 11) is -3.67. The second kappa shape index (κ2) is 6.79. The van der Waals surface area contributed by atoms with Crippen molar-refractivity contribution < 1.29 is 17.9 Å². The summed E-state index contributed by atoms with van der Waals surface area (Å²) in [5, 5.41) is 0.409. The van der Waals surface area contributed by atoms with E-state index in [2.05, 4.69) is 18.6 Å². The van der Waals surface area contributed by atoms with Crippen molar-refractivity contribution in [3.8, 4) is 0 Å². The molecule has 30 heavy (non-hydrogen) atoms. The highest BCUT2D eigenvalue weighted by Crippen LogP contribution is 2.59. The number of fused-ring (bicyclic) bond motifs is 4. The summed E-state index contributed by atoms with van der Waals surface area (Å²) < 4.78 is 34.0. The quantitative estimate of drug-likeness (QED) is 0.715. The standard InChI is InChI=1S/C22H26N2O4S2/c1-12-15-9-10-22(3)11-16-18(13(2)17(22)19(15)28-20(12)25)23-21(29-16)24-30(26,27)14-7-5-4-6-8-14/h4-8,12-13,15,17,19H,9-11H2,1-3H3,(H,23,24). The van der Waals surface area contributed by atoms with E-state index < -0.39 is 10.0 Å². The van der Waals surface area contributed by atoms with Gasteiger partial charge in [0.2, 0.25) is 0 Å². The van der Waals surface area contributed by atoms with Gasteiger partial charge in [-0.1, -0.05) is 39.0 Å². The van der Waals surface area contributed by atoms with Gasteiger partial charge in [0.05, 0.1) is 16.5 Å². The third-order valence-electron chi connectivity index (χ3n) is 7.43. The summed E-state index contributed by atoms with van der Waals surface area (Å²) >= 11 is 1.43. The zero-order valence-electron chi connectivity index (χ0n) is 17.3. The number of hydrogen-bond donors (Lipinski definition) is 1. The molecular weight excluding hydrogens is 420 g/mol. The molecule has 2 aromatic rings. The Morgan fingerprint density at radius 2 is 1.93 bits per heavy atom. The third kappa shape index (κ3) is 2.99. The van der Waals surface area contributed by atoms with E-state index in [-0.39, 0.29) is 46.1 Å². The molecule has 2 fully saturated rings. The first-order valence-electron chi connectivity index (χ1n) is 10.5. The molecule has 8 heteroatoms. The molecule has 0 amide bonds. The molecule has 0 radical (unpaired) electrons. The number of carbonyl (C=O) groups is 1. The molecule has 6 unspecified atom stereocenters. The number of sulfonamides is 1. The van der Waals surface area contributed by atoms with Crippen LogP contribution >= 0.6 is 11.3 Å². The molecule has 6 atom stereocenters. The van der Waals surface area contributed by atoms with Gasteiger partial charge in [0.15, 0.2) is 5.13 Å². The minimum Gasteiger partial charge on any atom is -0.461 e. The molecular formula is C22H26N2O4S2. The lowest BCUT2D eigenvalue weighted by Gasteiger charge is -2.51. The van der Waals surface area contributed by atoms with Crippen LogP contribution in [0.2, 0.25) is 0 Å². The van der Waals surface area contributed by atoms with Crippen molar-refractivity contribution in [2.75, 3.05) is 4.72 Å². The van der Waals surface area contributed by atoms with E-state index in [1.165, 1.54) is 11.3 Å². The van der Waals surface area contributed by atoms with E-state index in [4.69, 9.17) is 9.72 Å². The number of nitrogens with zero attached hydrogens (tertiary/aromatic N) is 1. The van der Waals surface area contributed by atoms with Crippen molar-refractivity contribution in [3.05, 3.63) is 40.9 Å². The number of hydrogen-bond acceptors (Lipinski definition) is 6. The molecule has 6 nitrogen and oxygen atoms in total. The number of thiazole rings is 1. The zero-order valence-corrected chi connectivity index (χ0v) is 18.9. The predicted octanol–water partition coefficient (Wildman–Crippen LogP) is 4.20. The van der Waals surface area contributed by atoms with Gasteiger partial charge in [0, 0.05) is 22.6 Å². The van der Waals surface area contributed by atoms with E-state index in [0.717, 1.165) is 29.8 Å². The second-order valence-electron chi connectivity index (χ2n) is 9.28. The largest absolute Gasteiger partial charge is 0.461 e. The van der Waals surface area contributed by atoms with E-state index in [0.29, 0.717) is 5.13 Å². The van der Waals surface area contributed by atoms with Gasteiger partial charge in [-0.3, -0.25) is 9.52 Å². The predicted molar refractivity (Wildman–Crippen MR) is 115 cm³/mol. The topological polar surface area (TPSA) is 85.4 Å². The molecule has 1 aromatic carbocycles. The van der Waals surface area contributed by atoms with Gasteiger partial charge in [-0.25, -0.2) is 13.4 Å². The van der Waals surface area contributed by atoms with Crippen LogP contribution in [0.4, 0.5) is 5.13 Å². The molecule has 1 N–H and O–H groups in total. The van der Waals surface area contributed by atoms with E-state index in [9.17, 15) is 13.2 Å². The lowest BCUT2D eigenvalue weighted by molar-refractivity contribution is -0.149. The SMILES string of the molecule is CC1C(=O)OC2C1CCC1(C)Cc3sc(NS(=O)(=O)c4ccccc4)nc3C(C)C21. The third-order valence-corrected chi connectivity index (χ3v) is 9.90. The van der Waals surface area contributed by atoms with Gasteiger partial charge in [0.25, 0.3) is 10.0 Å². The van der Waals surface area contributed by atoms with Crippen LogP contribution in [0, 0.1) is 23.2 Å². The summed E-state index contributed by atoms with van der Waals surface area (Å²) in [4.78, 5) is 18.3. The fourth-order valence-corrected chi connectivity index (χ4v) is 8.42. The minimum atomic E-state index is -3.67. The van der Waals surface area contributed by atoms with Crippen LogP contribution in [0.1, 0.15) is 50.1 Å². The second-order valence-corrected chi connectivity index (χ2v) is 12.0. The van der Waals surface area contributed by atoms with Gasteiger partial charge < -0.3 is 4.74 Å². The van der Waals surface area contributed by atoms with E-state index in [1.54, 1.807) is 30.3 Å². The van der Waals surface area contributed by atoms with Crippen LogP contribution in [0.15, 0.2) is 35.2 Å². The molecule has 5 rings (SSSR count). The highest BCUT2D eigenvalue weighted by Gasteiger charge is 2.58. The van der Waals surface area contributed by atoms with Crippen molar-refractivity contribution in [1.29, 1.82) is 0 Å². The Morgan fingerprint density at radius 3 is 2.67 bits per heavy atom. The smallest absolute Gasteiger partial charge is 0.309 e. The van der Waals surface area contributed by atoms with Crippen molar-refractivity contribution in [1.82, 2.24) is 4.98 Å². The highest BCUT2D eigenvalue weighted by atomic mass is 32.2. The number of ether oxygens (including phenoxy) is 1. The van der Waals surface area contributed by atoms with E-state index in [1.807, 2.05) is 6.92 Å².